The summed E-state index contributed by atoms with van der Waals surface area (Å²) in [5, 5.41) is 5.28. The minimum absolute atomic E-state index is 0.0652. The van der Waals surface area contributed by atoms with E-state index in [9.17, 15) is 4.79 Å². The molecule has 4 rings (SSSR count). The maximum Gasteiger partial charge on any atom is 0.254 e. The number of nitrogens with zero attached hydrogens (tertiary/aromatic N) is 5. The Bertz CT molecular complexity index is 1140. The van der Waals surface area contributed by atoms with Gasteiger partial charge in [0.15, 0.2) is 5.65 Å². The molecule has 3 aromatic heterocycles. The maximum atomic E-state index is 13.3. The molecule has 0 atom stereocenters. The molecule has 6 nitrogen and oxygen atoms in total. The van der Waals surface area contributed by atoms with Gasteiger partial charge in [-0.3, -0.25) is 14.5 Å². The number of fused-ring (bicyclic) bond motifs is 1. The third kappa shape index (κ3) is 3.24. The fraction of sp³-hybridized carbons (Fsp3) is 0.182. The largest absolute Gasteiger partial charge is 0.337 e. The van der Waals surface area contributed by atoms with Crippen molar-refractivity contribution in [1.82, 2.24) is 24.6 Å². The highest BCUT2D eigenvalue weighted by Gasteiger charge is 2.21. The van der Waals surface area contributed by atoms with Gasteiger partial charge in [-0.05, 0) is 24.6 Å². The first-order chi connectivity index (χ1) is 13.5. The van der Waals surface area contributed by atoms with Crippen LogP contribution < -0.4 is 0 Å². The molecule has 0 spiro atoms. The fourth-order valence-electron chi connectivity index (χ4n) is 3.41. The Labute approximate surface area is 163 Å². The predicted molar refractivity (Wildman–Crippen MR) is 109 cm³/mol. The van der Waals surface area contributed by atoms with Crippen LogP contribution in [-0.4, -0.2) is 37.6 Å². The van der Waals surface area contributed by atoms with Crippen LogP contribution in [0.4, 0.5) is 0 Å². The first-order valence-electron chi connectivity index (χ1n) is 9.08. The Morgan fingerprint density at radius 3 is 2.64 bits per heavy atom. The van der Waals surface area contributed by atoms with E-state index >= 15 is 0 Å². The molecule has 0 saturated heterocycles. The van der Waals surface area contributed by atoms with Crippen LogP contribution in [0.1, 0.15) is 21.6 Å². The molecule has 0 aliphatic carbocycles. The zero-order valence-corrected chi connectivity index (χ0v) is 16.1. The molecule has 3 heterocycles. The standard InChI is InChI=1S/C22H21N5O/c1-15-20-18(22(28)26(2)14-16-8-7-11-23-13-16)12-19(17-9-5-4-6-10-17)24-21(20)27(3)25-15/h4-13H,14H2,1-3H3. The van der Waals surface area contributed by atoms with Gasteiger partial charge in [0.25, 0.3) is 5.91 Å². The molecular weight excluding hydrogens is 350 g/mol. The highest BCUT2D eigenvalue weighted by Crippen LogP contribution is 2.27. The second-order valence-corrected chi connectivity index (χ2v) is 6.85. The quantitative estimate of drug-likeness (QED) is 0.550. The molecule has 0 radical (unpaired) electrons. The van der Waals surface area contributed by atoms with Crippen molar-refractivity contribution in [3.8, 4) is 11.3 Å². The van der Waals surface area contributed by atoms with Crippen LogP contribution >= 0.6 is 0 Å². The fourth-order valence-corrected chi connectivity index (χ4v) is 3.41. The van der Waals surface area contributed by atoms with Gasteiger partial charge in [-0.2, -0.15) is 5.10 Å². The van der Waals surface area contributed by atoms with Crippen LogP contribution in [0, 0.1) is 6.92 Å². The summed E-state index contributed by atoms with van der Waals surface area (Å²) in [6, 6.07) is 15.6. The van der Waals surface area contributed by atoms with Gasteiger partial charge in [0.2, 0.25) is 0 Å². The average molecular weight is 371 g/mol. The van der Waals surface area contributed by atoms with Crippen LogP contribution in [0.5, 0.6) is 0 Å². The number of aryl methyl sites for hydroxylation is 2. The summed E-state index contributed by atoms with van der Waals surface area (Å²) >= 11 is 0. The number of rotatable bonds is 4. The lowest BCUT2D eigenvalue weighted by Crippen LogP contribution is -2.26. The molecule has 140 valence electrons. The second-order valence-electron chi connectivity index (χ2n) is 6.85. The van der Waals surface area contributed by atoms with E-state index in [2.05, 4.69) is 10.1 Å². The lowest BCUT2D eigenvalue weighted by molar-refractivity contribution is 0.0787. The highest BCUT2D eigenvalue weighted by molar-refractivity contribution is 6.07. The Kier molecular flexibility index (Phi) is 4.61. The summed E-state index contributed by atoms with van der Waals surface area (Å²) in [5.41, 5.74) is 4.82. The number of amides is 1. The number of pyridine rings is 2. The van der Waals surface area contributed by atoms with E-state index < -0.39 is 0 Å². The molecule has 1 aromatic carbocycles. The Balaban J connectivity index is 1.81. The predicted octanol–water partition coefficient (Wildman–Crippen LogP) is 3.61. The van der Waals surface area contributed by atoms with E-state index in [0.29, 0.717) is 17.8 Å². The zero-order chi connectivity index (χ0) is 19.7. The van der Waals surface area contributed by atoms with Crippen molar-refractivity contribution in [2.24, 2.45) is 7.05 Å². The first-order valence-corrected chi connectivity index (χ1v) is 9.08. The minimum Gasteiger partial charge on any atom is -0.337 e. The van der Waals surface area contributed by atoms with Crippen molar-refractivity contribution in [2.45, 2.75) is 13.5 Å². The third-order valence-electron chi connectivity index (χ3n) is 4.76. The lowest BCUT2D eigenvalue weighted by atomic mass is 10.0. The molecule has 0 N–H and O–H groups in total. The van der Waals surface area contributed by atoms with Crippen LogP contribution in [0.2, 0.25) is 0 Å². The Morgan fingerprint density at radius 1 is 1.14 bits per heavy atom. The van der Waals surface area contributed by atoms with Crippen molar-refractivity contribution < 1.29 is 4.79 Å². The number of benzene rings is 1. The van der Waals surface area contributed by atoms with Crippen LogP contribution in [0.3, 0.4) is 0 Å². The van der Waals surface area contributed by atoms with Gasteiger partial charge in [0.1, 0.15) is 0 Å². The summed E-state index contributed by atoms with van der Waals surface area (Å²) in [4.78, 5) is 24.0. The highest BCUT2D eigenvalue weighted by atomic mass is 16.2. The minimum atomic E-state index is -0.0652. The normalized spacial score (nSPS) is 11.0. The first kappa shape index (κ1) is 17.9. The van der Waals surface area contributed by atoms with E-state index in [1.807, 2.05) is 62.5 Å². The Hall–Kier alpha value is -3.54. The van der Waals surface area contributed by atoms with Gasteiger partial charge in [0.05, 0.1) is 22.3 Å². The monoisotopic (exact) mass is 371 g/mol. The third-order valence-corrected chi connectivity index (χ3v) is 4.76. The molecule has 0 aliphatic heterocycles. The summed E-state index contributed by atoms with van der Waals surface area (Å²) < 4.78 is 1.73. The molecule has 4 aromatic rings. The summed E-state index contributed by atoms with van der Waals surface area (Å²) in [5.74, 6) is -0.0652. The van der Waals surface area contributed by atoms with Gasteiger partial charge in [-0.25, -0.2) is 4.98 Å². The number of carbonyl (C=O) groups excluding carboxylic acids is 1. The summed E-state index contributed by atoms with van der Waals surface area (Å²) in [6.07, 6.45) is 3.50. The van der Waals surface area contributed by atoms with Crippen molar-refractivity contribution in [3.05, 3.63) is 77.7 Å². The molecule has 1 amide bonds. The van der Waals surface area contributed by atoms with Crippen molar-refractivity contribution in [1.29, 1.82) is 0 Å². The van der Waals surface area contributed by atoms with E-state index in [-0.39, 0.29) is 5.91 Å². The SMILES string of the molecule is Cc1nn(C)c2nc(-c3ccccc3)cc(C(=O)N(C)Cc3cccnc3)c12. The van der Waals surface area contributed by atoms with Crippen LogP contribution in [0.25, 0.3) is 22.3 Å². The molecule has 6 heteroatoms. The van der Waals surface area contributed by atoms with Crippen LogP contribution in [0.15, 0.2) is 60.9 Å². The summed E-state index contributed by atoms with van der Waals surface area (Å²) in [7, 11) is 3.65. The van der Waals surface area contributed by atoms with Gasteiger partial charge in [0, 0.05) is 38.6 Å². The Morgan fingerprint density at radius 2 is 1.93 bits per heavy atom. The zero-order valence-electron chi connectivity index (χ0n) is 16.1. The number of hydrogen-bond donors (Lipinski definition) is 0. The topological polar surface area (TPSA) is 63.9 Å². The van der Waals surface area contributed by atoms with Gasteiger partial charge >= 0.3 is 0 Å². The number of carbonyl (C=O) groups is 1. The molecule has 0 saturated carbocycles. The van der Waals surface area contributed by atoms with Gasteiger partial charge in [-0.15, -0.1) is 0 Å². The van der Waals surface area contributed by atoms with Gasteiger partial charge < -0.3 is 4.90 Å². The molecule has 0 unspecified atom stereocenters. The lowest BCUT2D eigenvalue weighted by Gasteiger charge is -2.18. The van der Waals surface area contributed by atoms with Crippen LogP contribution in [-0.2, 0) is 13.6 Å². The van der Waals surface area contributed by atoms with E-state index in [0.717, 1.165) is 27.9 Å². The molecule has 0 fully saturated rings. The van der Waals surface area contributed by atoms with E-state index in [1.165, 1.54) is 0 Å². The molecule has 0 aliphatic rings. The van der Waals surface area contributed by atoms with Crippen molar-refractivity contribution in [2.75, 3.05) is 7.05 Å². The van der Waals surface area contributed by atoms with E-state index in [1.54, 1.807) is 29.0 Å². The average Bonchev–Trinajstić information content (AvgIpc) is 3.02. The van der Waals surface area contributed by atoms with Crippen molar-refractivity contribution >= 4 is 16.9 Å². The van der Waals surface area contributed by atoms with E-state index in [4.69, 9.17) is 4.98 Å². The second kappa shape index (κ2) is 7.23. The summed E-state index contributed by atoms with van der Waals surface area (Å²) in [6.45, 7) is 2.39. The molecule has 0 bridgehead atoms. The van der Waals surface area contributed by atoms with Gasteiger partial charge in [-0.1, -0.05) is 36.4 Å². The number of hydrogen-bond acceptors (Lipinski definition) is 4. The molecular formula is C22H21N5O. The molecule has 28 heavy (non-hydrogen) atoms. The maximum absolute atomic E-state index is 13.3. The smallest absolute Gasteiger partial charge is 0.254 e. The van der Waals surface area contributed by atoms with Crippen molar-refractivity contribution in [3.63, 3.8) is 0 Å². The number of aromatic nitrogens is 4.